The number of aromatic nitrogens is 2. The Hall–Kier alpha value is -3.18. The van der Waals surface area contributed by atoms with Crippen molar-refractivity contribution in [1.29, 1.82) is 0 Å². The van der Waals surface area contributed by atoms with Gasteiger partial charge >= 0.3 is 5.97 Å². The van der Waals surface area contributed by atoms with Crippen molar-refractivity contribution in [2.45, 2.75) is 6.92 Å². The number of ether oxygens (including phenoxy) is 1. The number of aliphatic imine (C=N–C) groups is 1. The molecule has 1 aliphatic heterocycles. The van der Waals surface area contributed by atoms with Crippen molar-refractivity contribution in [2.75, 3.05) is 0 Å². The molecular formula is C20H14ClN3O2. The molecule has 0 saturated carbocycles. The first kappa shape index (κ1) is 16.3. The Labute approximate surface area is 155 Å². The topological polar surface area (TPSA) is 56.5 Å². The van der Waals surface area contributed by atoms with E-state index in [1.165, 1.54) is 0 Å². The number of hydrogen-bond acceptors (Lipinski definition) is 4. The lowest BCUT2D eigenvalue weighted by molar-refractivity contribution is -0.129. The standard InChI is InChI=1S/C20H14ClN3O2/c1-13-16(18(21)23-24(13)15-10-6-3-7-11-15)12-17-20(25)26-19(22-17)14-8-4-2-5-9-14/h2-12H,1H3/b17-12+. The van der Waals surface area contributed by atoms with E-state index in [1.54, 1.807) is 10.8 Å². The summed E-state index contributed by atoms with van der Waals surface area (Å²) >= 11 is 6.30. The highest BCUT2D eigenvalue weighted by atomic mass is 35.5. The van der Waals surface area contributed by atoms with Crippen molar-refractivity contribution >= 4 is 29.5 Å². The van der Waals surface area contributed by atoms with Crippen molar-refractivity contribution in [3.05, 3.63) is 88.3 Å². The van der Waals surface area contributed by atoms with E-state index < -0.39 is 5.97 Å². The zero-order chi connectivity index (χ0) is 18.1. The summed E-state index contributed by atoms with van der Waals surface area (Å²) < 4.78 is 7.01. The van der Waals surface area contributed by atoms with E-state index in [2.05, 4.69) is 10.1 Å². The van der Waals surface area contributed by atoms with Gasteiger partial charge in [-0.15, -0.1) is 0 Å². The van der Waals surface area contributed by atoms with Crippen LogP contribution in [0.1, 0.15) is 16.8 Å². The number of halogens is 1. The van der Waals surface area contributed by atoms with E-state index in [1.807, 2.05) is 67.6 Å². The number of carbonyl (C=O) groups excluding carboxylic acids is 1. The van der Waals surface area contributed by atoms with Gasteiger partial charge in [0.2, 0.25) is 5.90 Å². The lowest BCUT2D eigenvalue weighted by atomic mass is 10.2. The molecule has 1 aromatic heterocycles. The second-order valence-electron chi connectivity index (χ2n) is 5.74. The van der Waals surface area contributed by atoms with Gasteiger partial charge in [0.1, 0.15) is 0 Å². The molecule has 5 nitrogen and oxygen atoms in total. The molecule has 0 radical (unpaired) electrons. The molecule has 0 fully saturated rings. The van der Waals surface area contributed by atoms with Crippen LogP contribution in [-0.2, 0) is 9.53 Å². The maximum absolute atomic E-state index is 12.2. The van der Waals surface area contributed by atoms with Gasteiger partial charge in [0, 0.05) is 11.1 Å². The van der Waals surface area contributed by atoms with Crippen molar-refractivity contribution in [3.8, 4) is 5.69 Å². The SMILES string of the molecule is Cc1c(/C=C2/N=C(c3ccccc3)OC2=O)c(Cl)nn1-c1ccccc1. The fourth-order valence-corrected chi connectivity index (χ4v) is 2.98. The van der Waals surface area contributed by atoms with Crippen LogP contribution in [0.15, 0.2) is 71.4 Å². The molecular weight excluding hydrogens is 350 g/mol. The number of carbonyl (C=O) groups is 1. The molecule has 26 heavy (non-hydrogen) atoms. The van der Waals surface area contributed by atoms with E-state index in [0.29, 0.717) is 10.7 Å². The summed E-state index contributed by atoms with van der Waals surface area (Å²) in [5.74, 6) is -0.224. The number of cyclic esters (lactones) is 1. The molecule has 2 aromatic carbocycles. The lowest BCUT2D eigenvalue weighted by Gasteiger charge is -2.03. The fraction of sp³-hybridized carbons (Fsp3) is 0.0500. The maximum Gasteiger partial charge on any atom is 0.363 e. The largest absolute Gasteiger partial charge is 0.402 e. The summed E-state index contributed by atoms with van der Waals surface area (Å²) in [7, 11) is 0. The Balaban J connectivity index is 1.74. The molecule has 3 aromatic rings. The van der Waals surface area contributed by atoms with E-state index in [-0.39, 0.29) is 11.6 Å². The molecule has 0 bridgehead atoms. The van der Waals surface area contributed by atoms with Crippen LogP contribution in [0.25, 0.3) is 11.8 Å². The predicted molar refractivity (Wildman–Crippen MR) is 100 cm³/mol. The predicted octanol–water partition coefficient (Wildman–Crippen LogP) is 4.18. The summed E-state index contributed by atoms with van der Waals surface area (Å²) in [5, 5.41) is 4.66. The molecule has 0 unspecified atom stereocenters. The number of para-hydroxylation sites is 1. The average Bonchev–Trinajstić information content (AvgIpc) is 3.18. The monoisotopic (exact) mass is 363 g/mol. The first-order valence-electron chi connectivity index (χ1n) is 8.02. The molecule has 1 aliphatic rings. The molecule has 2 heterocycles. The molecule has 4 rings (SSSR count). The number of hydrogen-bond donors (Lipinski definition) is 0. The van der Waals surface area contributed by atoms with Gasteiger partial charge in [-0.1, -0.05) is 48.0 Å². The van der Waals surface area contributed by atoms with E-state index in [4.69, 9.17) is 16.3 Å². The Morgan fingerprint density at radius 1 is 1.04 bits per heavy atom. The van der Waals surface area contributed by atoms with Gasteiger partial charge in [0.05, 0.1) is 11.4 Å². The normalized spacial score (nSPS) is 15.2. The van der Waals surface area contributed by atoms with Gasteiger partial charge in [-0.25, -0.2) is 14.5 Å². The van der Waals surface area contributed by atoms with Gasteiger partial charge in [-0.05, 0) is 37.3 Å². The summed E-state index contributed by atoms with van der Waals surface area (Å²) in [6.07, 6.45) is 1.61. The fourth-order valence-electron chi connectivity index (χ4n) is 2.71. The molecule has 0 N–H and O–H groups in total. The van der Waals surface area contributed by atoms with Crippen LogP contribution >= 0.6 is 11.6 Å². The molecule has 0 amide bonds. The van der Waals surface area contributed by atoms with Gasteiger partial charge in [-0.3, -0.25) is 0 Å². The van der Waals surface area contributed by atoms with Gasteiger partial charge in [-0.2, -0.15) is 5.10 Å². The quantitative estimate of drug-likeness (QED) is 0.518. The highest BCUT2D eigenvalue weighted by molar-refractivity contribution is 6.31. The van der Waals surface area contributed by atoms with Crippen molar-refractivity contribution in [3.63, 3.8) is 0 Å². The van der Waals surface area contributed by atoms with Gasteiger partial charge in [0.15, 0.2) is 10.9 Å². The van der Waals surface area contributed by atoms with Crippen LogP contribution in [0.2, 0.25) is 5.15 Å². The minimum absolute atomic E-state index is 0.196. The zero-order valence-corrected chi connectivity index (χ0v) is 14.6. The Bertz CT molecular complexity index is 1040. The molecule has 128 valence electrons. The molecule has 0 atom stereocenters. The first-order chi connectivity index (χ1) is 12.6. The second-order valence-corrected chi connectivity index (χ2v) is 6.10. The van der Waals surface area contributed by atoms with Crippen molar-refractivity contribution in [1.82, 2.24) is 9.78 Å². The first-order valence-corrected chi connectivity index (χ1v) is 8.40. The van der Waals surface area contributed by atoms with Gasteiger partial charge in [0.25, 0.3) is 0 Å². The molecule has 0 spiro atoms. The average molecular weight is 364 g/mol. The number of rotatable bonds is 3. The molecule has 0 aliphatic carbocycles. The third-order valence-electron chi connectivity index (χ3n) is 4.04. The van der Waals surface area contributed by atoms with Crippen LogP contribution in [0, 0.1) is 6.92 Å². The molecule has 0 saturated heterocycles. The maximum atomic E-state index is 12.2. The summed E-state index contributed by atoms with van der Waals surface area (Å²) in [4.78, 5) is 16.5. The molecule has 6 heteroatoms. The van der Waals surface area contributed by atoms with Crippen molar-refractivity contribution in [2.24, 2.45) is 4.99 Å². The third-order valence-corrected chi connectivity index (χ3v) is 4.32. The van der Waals surface area contributed by atoms with Crippen LogP contribution in [-0.4, -0.2) is 21.6 Å². The van der Waals surface area contributed by atoms with E-state index in [0.717, 1.165) is 16.9 Å². The summed E-state index contributed by atoms with van der Waals surface area (Å²) in [5.41, 5.74) is 3.28. The number of esters is 1. The Morgan fingerprint density at radius 2 is 1.69 bits per heavy atom. The zero-order valence-electron chi connectivity index (χ0n) is 13.9. The van der Waals surface area contributed by atoms with Crippen LogP contribution < -0.4 is 0 Å². The highest BCUT2D eigenvalue weighted by Gasteiger charge is 2.25. The Kier molecular flexibility index (Phi) is 4.14. The lowest BCUT2D eigenvalue weighted by Crippen LogP contribution is -2.05. The number of nitrogens with zero attached hydrogens (tertiary/aromatic N) is 3. The van der Waals surface area contributed by atoms with Crippen LogP contribution in [0.4, 0.5) is 0 Å². The third kappa shape index (κ3) is 2.93. The van der Waals surface area contributed by atoms with E-state index in [9.17, 15) is 4.79 Å². The summed E-state index contributed by atoms with van der Waals surface area (Å²) in [6, 6.07) is 18.9. The van der Waals surface area contributed by atoms with Crippen molar-refractivity contribution < 1.29 is 9.53 Å². The summed E-state index contributed by atoms with van der Waals surface area (Å²) in [6.45, 7) is 1.89. The Morgan fingerprint density at radius 3 is 2.38 bits per heavy atom. The second kappa shape index (κ2) is 6.61. The van der Waals surface area contributed by atoms with Gasteiger partial charge < -0.3 is 4.74 Å². The number of benzene rings is 2. The highest BCUT2D eigenvalue weighted by Crippen LogP contribution is 2.27. The smallest absolute Gasteiger partial charge is 0.363 e. The minimum Gasteiger partial charge on any atom is -0.402 e. The van der Waals surface area contributed by atoms with Crippen LogP contribution in [0.5, 0.6) is 0 Å². The minimum atomic E-state index is -0.508. The van der Waals surface area contributed by atoms with Crippen LogP contribution in [0.3, 0.4) is 0 Å². The van der Waals surface area contributed by atoms with E-state index >= 15 is 0 Å².